The van der Waals surface area contributed by atoms with E-state index in [4.69, 9.17) is 0 Å². The second-order valence-electron chi connectivity index (χ2n) is 8.93. The van der Waals surface area contributed by atoms with Crippen LogP contribution in [0.15, 0.2) is 65.3 Å². The lowest BCUT2D eigenvalue weighted by molar-refractivity contribution is -0.115. The number of allylic oxidation sites excluding steroid dienone is 1. The van der Waals surface area contributed by atoms with E-state index in [1.54, 1.807) is 12.5 Å². The van der Waals surface area contributed by atoms with Crippen molar-refractivity contribution in [2.75, 3.05) is 20.6 Å². The molecule has 0 bridgehead atoms. The van der Waals surface area contributed by atoms with Crippen molar-refractivity contribution in [2.45, 2.75) is 38.3 Å². The molecule has 3 aliphatic rings. The minimum absolute atomic E-state index is 0.0714. The van der Waals surface area contributed by atoms with Gasteiger partial charge in [-0.1, -0.05) is 28.7 Å². The maximum absolute atomic E-state index is 14.7. The predicted molar refractivity (Wildman–Crippen MR) is 122 cm³/mol. The number of halogens is 1. The third-order valence-electron chi connectivity index (χ3n) is 6.51. The number of carbonyl (C=O) groups is 1. The van der Waals surface area contributed by atoms with Gasteiger partial charge in [0.2, 0.25) is 5.91 Å². The smallest absolute Gasteiger partial charge is 0.250 e. The minimum atomic E-state index is -0.356. The summed E-state index contributed by atoms with van der Waals surface area (Å²) in [6.07, 6.45) is 5.33. The van der Waals surface area contributed by atoms with Crippen LogP contribution in [0.4, 0.5) is 4.48 Å². The standard InChI is InChI=1S/C24H28FN7O/c1-4-31-24(27-14-29-31)23-18(16-7-5-15(6-8-16)13-30(2)3)9-17-11-28-32(25)20-10-21(33)26-12-19(23)22(17)20/h5-8,10,12,14,18,23,28H,4,9,11,13H2,1-3H3,(H,26,33). The average Bonchev–Trinajstić information content (AvgIpc) is 3.19. The van der Waals surface area contributed by atoms with E-state index in [9.17, 15) is 9.28 Å². The molecule has 2 aromatic rings. The van der Waals surface area contributed by atoms with Crippen LogP contribution in [-0.2, 0) is 17.9 Å². The second kappa shape index (κ2) is 8.57. The number of aryl methyl sites for hydroxylation is 1. The topological polar surface area (TPSA) is 78.3 Å². The van der Waals surface area contributed by atoms with Crippen molar-refractivity contribution in [1.82, 2.24) is 35.6 Å². The first-order chi connectivity index (χ1) is 16.0. The van der Waals surface area contributed by atoms with Gasteiger partial charge in [0, 0.05) is 43.4 Å². The lowest BCUT2D eigenvalue weighted by atomic mass is 9.68. The zero-order valence-electron chi connectivity index (χ0n) is 19.0. The third kappa shape index (κ3) is 3.87. The summed E-state index contributed by atoms with van der Waals surface area (Å²) in [5.41, 5.74) is 8.15. The highest BCUT2D eigenvalue weighted by molar-refractivity contribution is 5.91. The Morgan fingerprint density at radius 3 is 2.76 bits per heavy atom. The van der Waals surface area contributed by atoms with Crippen molar-refractivity contribution in [3.05, 3.63) is 82.2 Å². The lowest BCUT2D eigenvalue weighted by Gasteiger charge is -2.40. The largest absolute Gasteiger partial charge is 0.329 e. The Hall–Kier alpha value is -3.30. The molecule has 1 aliphatic carbocycles. The number of hydrogen-bond donors (Lipinski definition) is 2. The van der Waals surface area contributed by atoms with Crippen LogP contribution >= 0.6 is 0 Å². The molecule has 3 heterocycles. The Kier molecular flexibility index (Phi) is 5.59. The molecule has 0 saturated heterocycles. The van der Waals surface area contributed by atoms with Gasteiger partial charge in [0.15, 0.2) is 0 Å². The molecule has 33 heavy (non-hydrogen) atoms. The number of carbonyl (C=O) groups excluding carboxylic acids is 1. The summed E-state index contributed by atoms with van der Waals surface area (Å²) in [5, 5.41) is 7.67. The first-order valence-electron chi connectivity index (χ1n) is 11.2. The SMILES string of the molecule is CCn1ncnc1C1C2=CNC(=O)C=C3C2=C(CNN3F)CC1c1ccc(CN(C)C)cc1. The Morgan fingerprint density at radius 1 is 1.24 bits per heavy atom. The minimum Gasteiger partial charge on any atom is -0.329 e. The Balaban J connectivity index is 1.66. The van der Waals surface area contributed by atoms with Gasteiger partial charge in [-0.25, -0.2) is 15.1 Å². The Labute approximate surface area is 192 Å². The molecular weight excluding hydrogens is 421 g/mol. The quantitative estimate of drug-likeness (QED) is 0.683. The molecule has 8 nitrogen and oxygen atoms in total. The molecular formula is C24H28FN7O. The molecule has 2 unspecified atom stereocenters. The van der Waals surface area contributed by atoms with E-state index in [0.717, 1.165) is 35.5 Å². The van der Waals surface area contributed by atoms with Crippen LogP contribution in [0.1, 0.15) is 42.1 Å². The van der Waals surface area contributed by atoms with Crippen molar-refractivity contribution in [2.24, 2.45) is 0 Å². The van der Waals surface area contributed by atoms with Gasteiger partial charge in [0.1, 0.15) is 17.8 Å². The molecule has 0 fully saturated rings. The van der Waals surface area contributed by atoms with Crippen molar-refractivity contribution >= 4 is 5.91 Å². The van der Waals surface area contributed by atoms with Crippen LogP contribution < -0.4 is 10.7 Å². The monoisotopic (exact) mass is 449 g/mol. The van der Waals surface area contributed by atoms with Gasteiger partial charge in [-0.05, 0) is 49.7 Å². The normalized spacial score (nSPS) is 22.6. The van der Waals surface area contributed by atoms with Crippen molar-refractivity contribution in [1.29, 1.82) is 0 Å². The van der Waals surface area contributed by atoms with Crippen molar-refractivity contribution in [3.63, 3.8) is 0 Å². The Morgan fingerprint density at radius 2 is 2.03 bits per heavy atom. The second-order valence-corrected chi connectivity index (χ2v) is 8.93. The molecule has 0 spiro atoms. The fourth-order valence-electron chi connectivity index (χ4n) is 5.13. The van der Waals surface area contributed by atoms with Gasteiger partial charge in [0.05, 0.1) is 5.92 Å². The molecule has 0 saturated carbocycles. The van der Waals surface area contributed by atoms with Crippen LogP contribution in [0, 0.1) is 0 Å². The van der Waals surface area contributed by atoms with Crippen LogP contribution in [0.3, 0.4) is 0 Å². The first kappa shape index (κ1) is 21.5. The molecule has 5 rings (SSSR count). The molecule has 2 N–H and O–H groups in total. The summed E-state index contributed by atoms with van der Waals surface area (Å²) in [4.78, 5) is 19.1. The van der Waals surface area contributed by atoms with Gasteiger partial charge in [-0.15, -0.1) is 5.23 Å². The third-order valence-corrected chi connectivity index (χ3v) is 6.51. The van der Waals surface area contributed by atoms with E-state index in [1.165, 1.54) is 17.2 Å². The zero-order chi connectivity index (χ0) is 23.1. The highest BCUT2D eigenvalue weighted by atomic mass is 19.2. The van der Waals surface area contributed by atoms with Gasteiger partial charge in [-0.3, -0.25) is 4.79 Å². The van der Waals surface area contributed by atoms with E-state index in [2.05, 4.69) is 64.1 Å². The van der Waals surface area contributed by atoms with Crippen LogP contribution in [0.25, 0.3) is 0 Å². The summed E-state index contributed by atoms with van der Waals surface area (Å²) in [6.45, 7) is 3.96. The average molecular weight is 450 g/mol. The van der Waals surface area contributed by atoms with Gasteiger partial charge in [0.25, 0.3) is 0 Å². The zero-order valence-corrected chi connectivity index (χ0v) is 19.0. The van der Waals surface area contributed by atoms with Gasteiger partial charge in [-0.2, -0.15) is 5.10 Å². The van der Waals surface area contributed by atoms with Gasteiger partial charge < -0.3 is 10.2 Å². The van der Waals surface area contributed by atoms with Gasteiger partial charge >= 0.3 is 0 Å². The summed E-state index contributed by atoms with van der Waals surface area (Å²) >= 11 is 0. The van der Waals surface area contributed by atoms with Crippen LogP contribution in [0.5, 0.6) is 0 Å². The number of nitrogens with zero attached hydrogens (tertiary/aromatic N) is 5. The fourth-order valence-corrected chi connectivity index (χ4v) is 5.13. The van der Waals surface area contributed by atoms with E-state index in [0.29, 0.717) is 18.3 Å². The maximum atomic E-state index is 14.7. The molecule has 1 aromatic carbocycles. The number of hydrazine groups is 1. The summed E-state index contributed by atoms with van der Waals surface area (Å²) in [7, 11) is 4.11. The van der Waals surface area contributed by atoms with Crippen LogP contribution in [0.2, 0.25) is 0 Å². The number of nitrogens with one attached hydrogen (secondary N) is 2. The van der Waals surface area contributed by atoms with E-state index < -0.39 is 0 Å². The van der Waals surface area contributed by atoms with E-state index >= 15 is 0 Å². The van der Waals surface area contributed by atoms with Crippen molar-refractivity contribution < 1.29 is 9.28 Å². The number of hydrogen-bond acceptors (Lipinski definition) is 6. The van der Waals surface area contributed by atoms with Crippen molar-refractivity contribution in [3.8, 4) is 0 Å². The molecule has 2 aliphatic heterocycles. The molecule has 0 radical (unpaired) electrons. The highest BCUT2D eigenvalue weighted by Gasteiger charge is 2.43. The molecule has 9 heteroatoms. The summed E-state index contributed by atoms with van der Waals surface area (Å²) in [5.74, 6) is 0.351. The maximum Gasteiger partial charge on any atom is 0.250 e. The number of benzene rings is 1. The summed E-state index contributed by atoms with van der Waals surface area (Å²) in [6, 6.07) is 8.69. The Bertz CT molecular complexity index is 1160. The summed E-state index contributed by atoms with van der Waals surface area (Å²) < 4.78 is 16.6. The number of rotatable bonds is 5. The molecule has 172 valence electrons. The number of aromatic nitrogens is 3. The fraction of sp³-hybridized carbons (Fsp3) is 0.375. The first-order valence-corrected chi connectivity index (χ1v) is 11.2. The number of amides is 1. The van der Waals surface area contributed by atoms with E-state index in [1.807, 2.05) is 11.6 Å². The van der Waals surface area contributed by atoms with Crippen LogP contribution in [-0.4, -0.2) is 51.4 Å². The molecule has 1 amide bonds. The molecule has 2 atom stereocenters. The molecule has 1 aromatic heterocycles. The highest BCUT2D eigenvalue weighted by Crippen LogP contribution is 2.52. The van der Waals surface area contributed by atoms with E-state index in [-0.39, 0.29) is 23.4 Å². The predicted octanol–water partition coefficient (Wildman–Crippen LogP) is 2.53. The lowest BCUT2D eigenvalue weighted by Crippen LogP contribution is -2.41.